The van der Waals surface area contributed by atoms with Crippen LogP contribution in [-0.4, -0.2) is 5.97 Å². The molecule has 0 radical (unpaired) electrons. The van der Waals surface area contributed by atoms with Crippen molar-refractivity contribution in [3.8, 4) is 6.07 Å². The maximum absolute atomic E-state index is 10.7. The van der Waals surface area contributed by atoms with Gasteiger partial charge >= 0.3 is 5.97 Å². The van der Waals surface area contributed by atoms with Crippen molar-refractivity contribution < 1.29 is 9.53 Å². The van der Waals surface area contributed by atoms with Crippen LogP contribution in [0.25, 0.3) is 10.1 Å². The lowest BCUT2D eigenvalue weighted by Gasteiger charge is -1.96. The van der Waals surface area contributed by atoms with Crippen molar-refractivity contribution in [1.29, 1.82) is 5.26 Å². The van der Waals surface area contributed by atoms with Gasteiger partial charge in [0.05, 0.1) is 11.6 Å². The average molecular weight is 231 g/mol. The third kappa shape index (κ3) is 2.20. The normalized spacial score (nSPS) is 10.0. The molecule has 0 amide bonds. The zero-order valence-corrected chi connectivity index (χ0v) is 9.50. The van der Waals surface area contributed by atoms with E-state index in [1.807, 2.05) is 18.2 Å². The van der Waals surface area contributed by atoms with Crippen molar-refractivity contribution in [2.75, 3.05) is 0 Å². The van der Waals surface area contributed by atoms with Gasteiger partial charge in [-0.1, -0.05) is 0 Å². The number of carbonyl (C=O) groups is 1. The molecule has 0 fully saturated rings. The van der Waals surface area contributed by atoms with Crippen LogP contribution in [0.3, 0.4) is 0 Å². The highest BCUT2D eigenvalue weighted by Gasteiger charge is 2.04. The van der Waals surface area contributed by atoms with Crippen LogP contribution in [0, 0.1) is 11.3 Å². The summed E-state index contributed by atoms with van der Waals surface area (Å²) in [7, 11) is 0. The Hall–Kier alpha value is -1.86. The molecule has 1 heterocycles. The second-order valence-electron chi connectivity index (χ2n) is 3.36. The molecule has 3 nitrogen and oxygen atoms in total. The molecule has 2 rings (SSSR count). The molecule has 0 spiro atoms. The Morgan fingerprint density at radius 1 is 1.50 bits per heavy atom. The van der Waals surface area contributed by atoms with Crippen LogP contribution >= 0.6 is 11.3 Å². The van der Waals surface area contributed by atoms with Crippen molar-refractivity contribution in [2.24, 2.45) is 0 Å². The summed E-state index contributed by atoms with van der Waals surface area (Å²) in [6.07, 6.45) is 0. The number of rotatable bonds is 2. The van der Waals surface area contributed by atoms with Gasteiger partial charge in [-0.3, -0.25) is 4.79 Å². The van der Waals surface area contributed by atoms with Crippen molar-refractivity contribution in [2.45, 2.75) is 13.5 Å². The van der Waals surface area contributed by atoms with Crippen LogP contribution in [0.5, 0.6) is 0 Å². The minimum absolute atomic E-state index is 0.282. The summed E-state index contributed by atoms with van der Waals surface area (Å²) < 4.78 is 6.02. The van der Waals surface area contributed by atoms with E-state index < -0.39 is 0 Å². The molecule has 16 heavy (non-hydrogen) atoms. The highest BCUT2D eigenvalue weighted by Crippen LogP contribution is 2.26. The average Bonchev–Trinajstić information content (AvgIpc) is 2.67. The van der Waals surface area contributed by atoms with Gasteiger partial charge in [0, 0.05) is 16.5 Å². The van der Waals surface area contributed by atoms with Gasteiger partial charge in [-0.25, -0.2) is 0 Å². The minimum atomic E-state index is -0.282. The topological polar surface area (TPSA) is 50.1 Å². The Morgan fingerprint density at radius 2 is 2.31 bits per heavy atom. The van der Waals surface area contributed by atoms with Crippen LogP contribution in [0.15, 0.2) is 24.3 Å². The lowest BCUT2D eigenvalue weighted by Crippen LogP contribution is -1.96. The zero-order valence-electron chi connectivity index (χ0n) is 8.69. The number of thiophene rings is 1. The molecule has 0 aliphatic carbocycles. The fourth-order valence-corrected chi connectivity index (χ4v) is 2.37. The number of carbonyl (C=O) groups excluding carboxylic acids is 1. The SMILES string of the molecule is CC(=O)OCc1cc2cc(C#N)ccc2s1. The van der Waals surface area contributed by atoms with Crippen molar-refractivity contribution in [1.82, 2.24) is 0 Å². The van der Waals surface area contributed by atoms with Gasteiger partial charge in [0.1, 0.15) is 6.61 Å². The maximum atomic E-state index is 10.7. The Kier molecular flexibility index (Phi) is 2.88. The van der Waals surface area contributed by atoms with Gasteiger partial charge in [-0.2, -0.15) is 5.26 Å². The predicted octanol–water partition coefficient (Wildman–Crippen LogP) is 2.84. The Morgan fingerprint density at radius 3 is 3.00 bits per heavy atom. The number of hydrogen-bond donors (Lipinski definition) is 0. The highest BCUT2D eigenvalue weighted by atomic mass is 32.1. The molecule has 1 aromatic heterocycles. The summed E-state index contributed by atoms with van der Waals surface area (Å²) in [6.45, 7) is 1.69. The maximum Gasteiger partial charge on any atom is 0.302 e. The summed E-state index contributed by atoms with van der Waals surface area (Å²) >= 11 is 1.57. The van der Waals surface area contributed by atoms with Crippen molar-refractivity contribution in [3.05, 3.63) is 34.7 Å². The van der Waals surface area contributed by atoms with Crippen molar-refractivity contribution >= 4 is 27.4 Å². The van der Waals surface area contributed by atoms with Crippen LogP contribution < -0.4 is 0 Å². The van der Waals surface area contributed by atoms with E-state index in [4.69, 9.17) is 10.00 Å². The van der Waals surface area contributed by atoms with Crippen LogP contribution in [0.4, 0.5) is 0 Å². The number of nitrogens with zero attached hydrogens (tertiary/aromatic N) is 1. The number of esters is 1. The number of nitriles is 1. The molecule has 0 aliphatic heterocycles. The Labute approximate surface area is 96.9 Å². The largest absolute Gasteiger partial charge is 0.460 e. The summed E-state index contributed by atoms with van der Waals surface area (Å²) in [5, 5.41) is 9.78. The van der Waals surface area contributed by atoms with Crippen LogP contribution in [0.1, 0.15) is 17.4 Å². The van der Waals surface area contributed by atoms with Gasteiger partial charge in [0.15, 0.2) is 0 Å². The molecule has 0 aliphatic rings. The van der Waals surface area contributed by atoms with Crippen molar-refractivity contribution in [3.63, 3.8) is 0 Å². The molecule has 0 N–H and O–H groups in total. The Bertz CT molecular complexity index is 580. The molecule has 4 heteroatoms. The van der Waals surface area contributed by atoms with E-state index in [1.165, 1.54) is 6.92 Å². The first-order valence-electron chi connectivity index (χ1n) is 4.75. The molecule has 0 unspecified atom stereocenters. The van der Waals surface area contributed by atoms with E-state index in [0.29, 0.717) is 12.2 Å². The highest BCUT2D eigenvalue weighted by molar-refractivity contribution is 7.19. The lowest BCUT2D eigenvalue weighted by atomic mass is 10.2. The van der Waals surface area contributed by atoms with Gasteiger partial charge in [0.25, 0.3) is 0 Å². The van der Waals surface area contributed by atoms with E-state index in [2.05, 4.69) is 6.07 Å². The van der Waals surface area contributed by atoms with Crippen LogP contribution in [0.2, 0.25) is 0 Å². The molecule has 0 atom stereocenters. The monoisotopic (exact) mass is 231 g/mol. The third-order valence-corrected chi connectivity index (χ3v) is 3.20. The molecule has 0 saturated carbocycles. The van der Waals surface area contributed by atoms with Gasteiger partial charge in [-0.05, 0) is 29.7 Å². The second-order valence-corrected chi connectivity index (χ2v) is 4.53. The van der Waals surface area contributed by atoms with Crippen LogP contribution in [-0.2, 0) is 16.1 Å². The van der Waals surface area contributed by atoms with E-state index in [-0.39, 0.29) is 5.97 Å². The second kappa shape index (κ2) is 4.33. The molecule has 2 aromatic rings. The van der Waals surface area contributed by atoms with E-state index in [0.717, 1.165) is 15.0 Å². The number of fused-ring (bicyclic) bond motifs is 1. The quantitative estimate of drug-likeness (QED) is 0.747. The van der Waals surface area contributed by atoms with Gasteiger partial charge in [-0.15, -0.1) is 11.3 Å². The summed E-state index contributed by atoms with van der Waals surface area (Å²) in [5.41, 5.74) is 0.643. The van der Waals surface area contributed by atoms with E-state index in [1.54, 1.807) is 17.4 Å². The van der Waals surface area contributed by atoms with Gasteiger partial charge < -0.3 is 4.74 Å². The standard InChI is InChI=1S/C12H9NO2S/c1-8(14)15-7-11-5-10-4-9(6-13)2-3-12(10)16-11/h2-5H,7H2,1H3. The summed E-state index contributed by atoms with van der Waals surface area (Å²) in [6, 6.07) is 9.58. The van der Waals surface area contributed by atoms with Gasteiger partial charge in [0.2, 0.25) is 0 Å². The molecule has 0 bridgehead atoms. The number of benzene rings is 1. The first-order chi connectivity index (χ1) is 7.69. The fraction of sp³-hybridized carbons (Fsp3) is 0.167. The minimum Gasteiger partial charge on any atom is -0.460 e. The molecule has 1 aromatic carbocycles. The zero-order chi connectivity index (χ0) is 11.5. The number of hydrogen-bond acceptors (Lipinski definition) is 4. The first-order valence-corrected chi connectivity index (χ1v) is 5.56. The first kappa shape index (κ1) is 10.7. The number of ether oxygens (including phenoxy) is 1. The third-order valence-electron chi connectivity index (χ3n) is 2.11. The fourth-order valence-electron chi connectivity index (χ4n) is 1.41. The molecule has 80 valence electrons. The lowest BCUT2D eigenvalue weighted by molar-refractivity contribution is -0.142. The van der Waals surface area contributed by atoms with E-state index >= 15 is 0 Å². The molecular weight excluding hydrogens is 222 g/mol. The smallest absolute Gasteiger partial charge is 0.302 e. The summed E-state index contributed by atoms with van der Waals surface area (Å²) in [4.78, 5) is 11.7. The molecule has 0 saturated heterocycles. The molecular formula is C12H9NO2S. The van der Waals surface area contributed by atoms with E-state index in [9.17, 15) is 4.79 Å². The Balaban J connectivity index is 2.30. The predicted molar refractivity (Wildman–Crippen MR) is 62.0 cm³/mol. The summed E-state index contributed by atoms with van der Waals surface area (Å²) in [5.74, 6) is -0.282.